The Morgan fingerprint density at radius 1 is 1.12 bits per heavy atom. The number of likely N-dealkylation sites (tertiary alicyclic amines) is 1. The van der Waals surface area contributed by atoms with Gasteiger partial charge >= 0.3 is 11.7 Å². The van der Waals surface area contributed by atoms with E-state index in [4.69, 9.17) is 9.47 Å². The first-order valence-corrected chi connectivity index (χ1v) is 10.3. The van der Waals surface area contributed by atoms with Crippen LogP contribution < -0.4 is 26.0 Å². The van der Waals surface area contributed by atoms with Crippen LogP contribution in [0.4, 0.5) is 10.5 Å². The van der Waals surface area contributed by atoms with Crippen LogP contribution in [0.15, 0.2) is 27.8 Å². The number of amides is 2. The number of H-pyrrole nitrogens is 1. The molecule has 1 saturated heterocycles. The second-order valence-electron chi connectivity index (χ2n) is 7.78. The van der Waals surface area contributed by atoms with Gasteiger partial charge in [-0.15, -0.1) is 0 Å². The first-order chi connectivity index (χ1) is 15.3. The van der Waals surface area contributed by atoms with Crippen LogP contribution in [-0.2, 0) is 14.1 Å². The second-order valence-corrected chi connectivity index (χ2v) is 7.78. The Morgan fingerprint density at radius 2 is 1.84 bits per heavy atom. The molecule has 0 aliphatic carbocycles. The monoisotopic (exact) mass is 442 g/mol. The summed E-state index contributed by atoms with van der Waals surface area (Å²) in [6.45, 7) is 1.05. The zero-order valence-corrected chi connectivity index (χ0v) is 18.5. The van der Waals surface area contributed by atoms with Gasteiger partial charge in [0.15, 0.2) is 5.65 Å². The highest BCUT2D eigenvalue weighted by molar-refractivity contribution is 5.91. The van der Waals surface area contributed by atoms with Crippen molar-refractivity contribution in [2.45, 2.75) is 18.8 Å². The SMILES string of the molecule is COc1ccc(OC)c(NC(=O)N2CCC(c3nc4c([nH]3)c(=O)n(C)c(=O)n4C)CC2)c1. The topological polar surface area (TPSA) is 123 Å². The molecule has 2 aromatic heterocycles. The van der Waals surface area contributed by atoms with Gasteiger partial charge in [0.05, 0.1) is 19.9 Å². The molecule has 32 heavy (non-hydrogen) atoms. The zero-order chi connectivity index (χ0) is 23.0. The van der Waals surface area contributed by atoms with Crippen LogP contribution >= 0.6 is 0 Å². The van der Waals surface area contributed by atoms with Gasteiger partial charge in [-0.2, -0.15) is 0 Å². The van der Waals surface area contributed by atoms with Gasteiger partial charge < -0.3 is 24.7 Å². The molecule has 0 unspecified atom stereocenters. The van der Waals surface area contributed by atoms with Crippen LogP contribution in [0.5, 0.6) is 11.5 Å². The molecule has 3 aromatic rings. The summed E-state index contributed by atoms with van der Waals surface area (Å²) in [6.07, 6.45) is 1.35. The third-order valence-electron chi connectivity index (χ3n) is 5.93. The predicted molar refractivity (Wildman–Crippen MR) is 119 cm³/mol. The van der Waals surface area contributed by atoms with Gasteiger partial charge in [0, 0.05) is 39.2 Å². The lowest BCUT2D eigenvalue weighted by Crippen LogP contribution is -2.40. The van der Waals surface area contributed by atoms with Crippen LogP contribution in [0.1, 0.15) is 24.6 Å². The normalized spacial score (nSPS) is 14.6. The fourth-order valence-electron chi connectivity index (χ4n) is 4.00. The molecule has 0 atom stereocenters. The Labute approximate surface area is 183 Å². The number of ether oxygens (including phenoxy) is 2. The highest BCUT2D eigenvalue weighted by atomic mass is 16.5. The van der Waals surface area contributed by atoms with Crippen molar-refractivity contribution >= 4 is 22.9 Å². The highest BCUT2D eigenvalue weighted by Crippen LogP contribution is 2.31. The van der Waals surface area contributed by atoms with Gasteiger partial charge in [-0.3, -0.25) is 13.9 Å². The van der Waals surface area contributed by atoms with Crippen LogP contribution in [0, 0.1) is 0 Å². The number of benzene rings is 1. The van der Waals surface area contributed by atoms with E-state index in [2.05, 4.69) is 15.3 Å². The van der Waals surface area contributed by atoms with Crippen LogP contribution in [-0.4, -0.2) is 57.3 Å². The molecule has 0 spiro atoms. The minimum absolute atomic E-state index is 0.0533. The number of aromatic amines is 1. The van der Waals surface area contributed by atoms with E-state index in [1.165, 1.54) is 11.6 Å². The van der Waals surface area contributed by atoms with Gasteiger partial charge in [-0.05, 0) is 25.0 Å². The van der Waals surface area contributed by atoms with Crippen LogP contribution in [0.2, 0.25) is 0 Å². The van der Waals surface area contributed by atoms with Crippen molar-refractivity contribution in [2.75, 3.05) is 32.6 Å². The van der Waals surface area contributed by atoms with Crippen molar-refractivity contribution in [2.24, 2.45) is 14.1 Å². The Kier molecular flexibility index (Phi) is 5.64. The number of aryl methyl sites for hydroxylation is 1. The lowest BCUT2D eigenvalue weighted by atomic mass is 9.96. The number of urea groups is 1. The van der Waals surface area contributed by atoms with E-state index in [1.54, 1.807) is 44.4 Å². The third kappa shape index (κ3) is 3.70. The number of imidazole rings is 1. The molecule has 2 N–H and O–H groups in total. The molecular formula is C21H26N6O5. The van der Waals surface area contributed by atoms with E-state index in [0.29, 0.717) is 60.1 Å². The molecule has 1 aliphatic rings. The molecule has 11 heteroatoms. The number of hydrogen-bond donors (Lipinski definition) is 2. The summed E-state index contributed by atoms with van der Waals surface area (Å²) in [5.74, 6) is 1.87. The molecule has 0 saturated carbocycles. The van der Waals surface area contributed by atoms with Gasteiger partial charge in [-0.25, -0.2) is 14.6 Å². The molecule has 2 amide bonds. The number of piperidine rings is 1. The van der Waals surface area contributed by atoms with Gasteiger partial charge in [0.2, 0.25) is 0 Å². The Balaban J connectivity index is 1.47. The molecule has 170 valence electrons. The Morgan fingerprint density at radius 3 is 2.50 bits per heavy atom. The Bertz CT molecular complexity index is 1280. The molecule has 0 radical (unpaired) electrons. The average Bonchev–Trinajstić information content (AvgIpc) is 3.27. The summed E-state index contributed by atoms with van der Waals surface area (Å²) in [5.41, 5.74) is 0.382. The quantitative estimate of drug-likeness (QED) is 0.629. The van der Waals surface area contributed by atoms with E-state index in [9.17, 15) is 14.4 Å². The van der Waals surface area contributed by atoms with E-state index in [-0.39, 0.29) is 11.9 Å². The van der Waals surface area contributed by atoms with Crippen molar-refractivity contribution in [3.8, 4) is 11.5 Å². The fraction of sp³-hybridized carbons (Fsp3) is 0.429. The van der Waals surface area contributed by atoms with E-state index in [0.717, 1.165) is 4.57 Å². The molecule has 1 fully saturated rings. The summed E-state index contributed by atoms with van der Waals surface area (Å²) < 4.78 is 13.0. The molecule has 4 rings (SSSR count). The highest BCUT2D eigenvalue weighted by Gasteiger charge is 2.27. The predicted octanol–water partition coefficient (Wildman–Crippen LogP) is 1.39. The standard InChI is InChI=1S/C21H26N6O5/c1-25-18-16(19(28)26(2)21(25)30)23-17(24-18)12-7-9-27(10-8-12)20(29)22-14-11-13(31-3)5-6-15(14)32-4/h5-6,11-12H,7-10H2,1-4H3,(H,22,29)(H,23,24). The zero-order valence-electron chi connectivity index (χ0n) is 18.5. The number of hydrogen-bond acceptors (Lipinski definition) is 6. The lowest BCUT2D eigenvalue weighted by molar-refractivity contribution is 0.193. The smallest absolute Gasteiger partial charge is 0.332 e. The van der Waals surface area contributed by atoms with Crippen molar-refractivity contribution in [3.63, 3.8) is 0 Å². The number of anilines is 1. The largest absolute Gasteiger partial charge is 0.497 e. The van der Waals surface area contributed by atoms with Crippen molar-refractivity contribution in [1.82, 2.24) is 24.0 Å². The van der Waals surface area contributed by atoms with Gasteiger partial charge in [0.1, 0.15) is 22.8 Å². The summed E-state index contributed by atoms with van der Waals surface area (Å²) in [4.78, 5) is 46.7. The maximum Gasteiger partial charge on any atom is 0.332 e. The van der Waals surface area contributed by atoms with Gasteiger partial charge in [-0.1, -0.05) is 0 Å². The maximum atomic E-state index is 12.8. The minimum atomic E-state index is -0.417. The van der Waals surface area contributed by atoms with E-state index in [1.807, 2.05) is 0 Å². The van der Waals surface area contributed by atoms with Gasteiger partial charge in [0.25, 0.3) is 5.56 Å². The van der Waals surface area contributed by atoms with Crippen LogP contribution in [0.25, 0.3) is 11.2 Å². The fourth-order valence-corrected chi connectivity index (χ4v) is 4.00. The first kappa shape index (κ1) is 21.5. The number of methoxy groups -OCH3 is 2. The van der Waals surface area contributed by atoms with E-state index < -0.39 is 11.2 Å². The molecule has 1 aromatic carbocycles. The molecule has 0 bridgehead atoms. The maximum absolute atomic E-state index is 12.8. The van der Waals surface area contributed by atoms with Crippen molar-refractivity contribution in [3.05, 3.63) is 44.9 Å². The summed E-state index contributed by atoms with van der Waals surface area (Å²) in [7, 11) is 6.14. The van der Waals surface area contributed by atoms with E-state index >= 15 is 0 Å². The molecule has 11 nitrogen and oxygen atoms in total. The molecule has 1 aliphatic heterocycles. The summed E-state index contributed by atoms with van der Waals surface area (Å²) in [5, 5.41) is 2.89. The Hall–Kier alpha value is -3.76. The molecular weight excluding hydrogens is 416 g/mol. The average molecular weight is 442 g/mol. The molecule has 3 heterocycles. The number of nitrogens with one attached hydrogen (secondary N) is 2. The number of rotatable bonds is 4. The first-order valence-electron chi connectivity index (χ1n) is 10.3. The third-order valence-corrected chi connectivity index (χ3v) is 5.93. The summed E-state index contributed by atoms with van der Waals surface area (Å²) >= 11 is 0. The summed E-state index contributed by atoms with van der Waals surface area (Å²) in [6, 6.07) is 4.98. The van der Waals surface area contributed by atoms with Crippen molar-refractivity contribution in [1.29, 1.82) is 0 Å². The van der Waals surface area contributed by atoms with Crippen molar-refractivity contribution < 1.29 is 14.3 Å². The second kappa shape index (κ2) is 8.40. The number of carbonyl (C=O) groups is 1. The number of fused-ring (bicyclic) bond motifs is 1. The number of carbonyl (C=O) groups excluding carboxylic acids is 1. The minimum Gasteiger partial charge on any atom is -0.497 e. The lowest BCUT2D eigenvalue weighted by Gasteiger charge is -2.31. The van der Waals surface area contributed by atoms with Crippen LogP contribution in [0.3, 0.4) is 0 Å². The number of aromatic nitrogens is 4. The number of nitrogens with zero attached hydrogens (tertiary/aromatic N) is 4.